The zero-order valence-electron chi connectivity index (χ0n) is 36.7. The monoisotopic (exact) mass is 1030 g/mol. The van der Waals surface area contributed by atoms with Crippen LogP contribution < -0.4 is 19.8 Å². The standard InChI is InChI=1S/C58H44BN5O.Pt/c1-58(2,3)42-36-34-41(35-37-42)46-25-16-24-45(40-18-5-4-6-19-40)57(46)62-39-61(51-28-11-12-29-52(51)62)43-20-15-21-44(38-43)65-56-33-17-32-55(60-56)64-54-31-14-13-30-53(54)63-50-27-10-8-23-48(50)47-22-7-9-26-49(47)59(63)64;/h4-38H,1-3H3;. The van der Waals surface area contributed by atoms with Gasteiger partial charge in [-0.3, -0.25) is 0 Å². The van der Waals surface area contributed by atoms with Gasteiger partial charge >= 0.3 is 315 Å². The number of hydrogen-bond acceptors (Lipinski definition) is 4. The SMILES string of the molecule is CC(C)(C)c1ccc(-c2cccc(-c3ccccc3)c2-n2[c](=[Pt])n(-c3cccc(Oc4cccc(N5B6c7ccccc7-c7ccccc7N6c6ccccc65)n4)c3)c3ccccc32)cc1. The molecule has 2 aliphatic rings. The summed E-state index contributed by atoms with van der Waals surface area (Å²) in [6.07, 6.45) is 0. The van der Waals surface area contributed by atoms with Gasteiger partial charge in [0.05, 0.1) is 0 Å². The van der Waals surface area contributed by atoms with Gasteiger partial charge in [-0.05, 0) is 17.7 Å². The first kappa shape index (κ1) is 40.1. The van der Waals surface area contributed by atoms with E-state index in [9.17, 15) is 0 Å². The average molecular weight is 1030 g/mol. The maximum absolute atomic E-state index is 6.75. The first-order valence-corrected chi connectivity index (χ1v) is 23.5. The van der Waals surface area contributed by atoms with Crippen LogP contribution in [0, 0.1) is 3.80 Å². The summed E-state index contributed by atoms with van der Waals surface area (Å²) in [7, 11) is 0. The van der Waals surface area contributed by atoms with Crippen molar-refractivity contribution in [1.29, 1.82) is 0 Å². The summed E-state index contributed by atoms with van der Waals surface area (Å²) < 4.78 is 12.5. The second-order valence-electron chi connectivity index (χ2n) is 17.9. The van der Waals surface area contributed by atoms with Crippen molar-refractivity contribution in [2.24, 2.45) is 0 Å². The van der Waals surface area contributed by atoms with Crippen LogP contribution in [0.5, 0.6) is 11.6 Å². The van der Waals surface area contributed by atoms with E-state index in [2.05, 4.69) is 253 Å². The summed E-state index contributed by atoms with van der Waals surface area (Å²) >= 11 is 2.51. The van der Waals surface area contributed by atoms with Crippen LogP contribution in [0.4, 0.5) is 22.9 Å². The first-order valence-electron chi connectivity index (χ1n) is 22.4. The quantitative estimate of drug-likeness (QED) is 0.149. The van der Waals surface area contributed by atoms with Gasteiger partial charge in [0, 0.05) is 11.3 Å². The fraction of sp³-hybridized carbons (Fsp3) is 0.0690. The van der Waals surface area contributed by atoms with Gasteiger partial charge in [-0.15, -0.1) is 0 Å². The summed E-state index contributed by atoms with van der Waals surface area (Å²) in [5.41, 5.74) is 17.4. The van der Waals surface area contributed by atoms with E-state index in [4.69, 9.17) is 9.72 Å². The Kier molecular flexibility index (Phi) is 9.66. The van der Waals surface area contributed by atoms with E-state index in [0.717, 1.165) is 60.1 Å². The molecule has 0 amide bonds. The van der Waals surface area contributed by atoms with Crippen molar-refractivity contribution in [2.75, 3.05) is 9.62 Å². The predicted octanol–water partition coefficient (Wildman–Crippen LogP) is 14.0. The number of aromatic nitrogens is 3. The van der Waals surface area contributed by atoms with E-state index in [1.54, 1.807) is 0 Å². The van der Waals surface area contributed by atoms with E-state index in [0.29, 0.717) is 11.6 Å². The predicted molar refractivity (Wildman–Crippen MR) is 268 cm³/mol. The van der Waals surface area contributed by atoms with Crippen LogP contribution in [-0.4, -0.2) is 21.1 Å². The second-order valence-corrected chi connectivity index (χ2v) is 19.0. The zero-order valence-corrected chi connectivity index (χ0v) is 39.0. The van der Waals surface area contributed by atoms with Crippen molar-refractivity contribution in [3.05, 3.63) is 222 Å². The minimum atomic E-state index is -0.120. The molecule has 0 bridgehead atoms. The van der Waals surface area contributed by atoms with Crippen LogP contribution in [0.2, 0.25) is 0 Å². The van der Waals surface area contributed by atoms with Gasteiger partial charge < -0.3 is 0 Å². The number of ether oxygens (including phenoxy) is 1. The van der Waals surface area contributed by atoms with Gasteiger partial charge in [0.2, 0.25) is 0 Å². The molecule has 12 rings (SSSR count). The molecule has 6 nitrogen and oxygen atoms in total. The maximum atomic E-state index is 6.75. The molecule has 0 spiro atoms. The number of pyridine rings is 1. The Hall–Kier alpha value is -7.47. The number of benzene rings is 8. The molecule has 0 radical (unpaired) electrons. The summed E-state index contributed by atoms with van der Waals surface area (Å²) in [5, 5.41) is 0. The molecule has 0 aliphatic carbocycles. The molecule has 0 saturated heterocycles. The summed E-state index contributed by atoms with van der Waals surface area (Å²) in [6, 6.07) is 75.6. The molecule has 8 aromatic carbocycles. The summed E-state index contributed by atoms with van der Waals surface area (Å²) in [6.45, 7) is 6.67. The zero-order chi connectivity index (χ0) is 44.5. The summed E-state index contributed by atoms with van der Waals surface area (Å²) in [4.78, 5) is 10.0. The van der Waals surface area contributed by atoms with Crippen molar-refractivity contribution in [3.8, 4) is 56.4 Å². The van der Waals surface area contributed by atoms with Gasteiger partial charge in [0.1, 0.15) is 0 Å². The molecule has 0 N–H and O–H groups in total. The number of anilines is 4. The van der Waals surface area contributed by atoms with Crippen LogP contribution in [0.1, 0.15) is 26.3 Å². The van der Waals surface area contributed by atoms with Crippen molar-refractivity contribution < 1.29 is 24.1 Å². The Bertz CT molecular complexity index is 3560. The Morgan fingerprint density at radius 3 is 1.80 bits per heavy atom. The number of nitrogens with zero attached hydrogens (tertiary/aromatic N) is 5. The molecule has 0 saturated carbocycles. The molecule has 2 aromatic heterocycles. The molecule has 0 unspecified atom stereocenters. The molecular weight excluding hydrogens is 989 g/mol. The molecule has 0 fully saturated rings. The third-order valence-electron chi connectivity index (χ3n) is 12.9. The average Bonchev–Trinajstić information content (AvgIpc) is 3.86. The van der Waals surface area contributed by atoms with E-state index in [1.165, 1.54) is 33.4 Å². The van der Waals surface area contributed by atoms with Gasteiger partial charge in [0.25, 0.3) is 0 Å². The third-order valence-corrected chi connectivity index (χ3v) is 14.0. The summed E-state index contributed by atoms with van der Waals surface area (Å²) in [5.74, 6) is 2.03. The van der Waals surface area contributed by atoms with E-state index < -0.39 is 0 Å². The Labute approximate surface area is 396 Å². The molecule has 320 valence electrons. The number of rotatable bonds is 7. The number of fused-ring (bicyclic) bond motifs is 9. The van der Waals surface area contributed by atoms with Crippen LogP contribution in [0.25, 0.3) is 55.8 Å². The Morgan fingerprint density at radius 1 is 0.485 bits per heavy atom. The molecule has 8 heteroatoms. The number of hydrogen-bond donors (Lipinski definition) is 0. The van der Waals surface area contributed by atoms with Crippen LogP contribution in [0.15, 0.2) is 212 Å². The molecule has 4 heterocycles. The fourth-order valence-corrected chi connectivity index (χ4v) is 11.0. The van der Waals surface area contributed by atoms with Gasteiger partial charge in [-0.25, -0.2) is 0 Å². The van der Waals surface area contributed by atoms with E-state index in [-0.39, 0.29) is 12.4 Å². The van der Waals surface area contributed by atoms with Gasteiger partial charge in [-0.2, -0.15) is 0 Å². The molecule has 2 aliphatic heterocycles. The Morgan fingerprint density at radius 2 is 1.06 bits per heavy atom. The van der Waals surface area contributed by atoms with Crippen molar-refractivity contribution in [3.63, 3.8) is 0 Å². The Balaban J connectivity index is 0.950. The third kappa shape index (κ3) is 6.60. The second kappa shape index (κ2) is 15.9. The van der Waals surface area contributed by atoms with E-state index in [1.807, 2.05) is 18.2 Å². The molecule has 10 aromatic rings. The van der Waals surface area contributed by atoms with Gasteiger partial charge in [0.15, 0.2) is 0 Å². The van der Waals surface area contributed by atoms with Crippen molar-refractivity contribution in [1.82, 2.24) is 14.1 Å². The first-order chi connectivity index (χ1) is 32.3. The number of imidazole rings is 1. The number of para-hydroxylation sites is 6. The van der Waals surface area contributed by atoms with Crippen LogP contribution in [-0.2, 0) is 24.8 Å². The minimum absolute atomic E-state index is 0.0551. The van der Waals surface area contributed by atoms with Crippen LogP contribution >= 0.6 is 0 Å². The van der Waals surface area contributed by atoms with Crippen molar-refractivity contribution in [2.45, 2.75) is 26.2 Å². The molecule has 66 heavy (non-hydrogen) atoms. The van der Waals surface area contributed by atoms with Gasteiger partial charge in [-0.1, -0.05) is 54.6 Å². The fourth-order valence-electron chi connectivity index (χ4n) is 9.91. The molecule has 0 atom stereocenters. The topological polar surface area (TPSA) is 38.5 Å². The van der Waals surface area contributed by atoms with E-state index >= 15 is 0 Å². The van der Waals surface area contributed by atoms with Crippen molar-refractivity contribution >= 4 is 46.4 Å². The van der Waals surface area contributed by atoms with Crippen LogP contribution in [0.3, 0.4) is 0 Å². The normalized spacial score (nSPS) is 12.8. The molecular formula is C58H44BN5OPt.